The summed E-state index contributed by atoms with van der Waals surface area (Å²) in [6, 6.07) is 1.83. The third kappa shape index (κ3) is 4.11. The lowest BCUT2D eigenvalue weighted by Gasteiger charge is -2.13. The molecule has 4 heterocycles. The third-order valence-corrected chi connectivity index (χ3v) is 6.40. The molecule has 2 N–H and O–H groups in total. The minimum absolute atomic E-state index is 0.363. The normalized spacial score (nSPS) is 13.4. The molecule has 1 unspecified atom stereocenters. The maximum absolute atomic E-state index is 7.33. The van der Waals surface area contributed by atoms with Gasteiger partial charge in [0.2, 0.25) is 5.69 Å². The van der Waals surface area contributed by atoms with Gasteiger partial charge in [-0.05, 0) is 36.0 Å². The number of fused-ring (bicyclic) bond motifs is 2. The number of aromatic nitrogens is 5. The summed E-state index contributed by atoms with van der Waals surface area (Å²) >= 11 is 0. The summed E-state index contributed by atoms with van der Waals surface area (Å²) in [6.45, 7) is 12.4. The highest BCUT2D eigenvalue weighted by Crippen LogP contribution is 2.28. The number of pyridine rings is 1. The van der Waals surface area contributed by atoms with Crippen molar-refractivity contribution in [2.24, 2.45) is 0 Å². The number of anilines is 1. The summed E-state index contributed by atoms with van der Waals surface area (Å²) in [7, 11) is 0. The Kier molecular flexibility index (Phi) is 5.96. The van der Waals surface area contributed by atoms with Gasteiger partial charge in [-0.2, -0.15) is 0 Å². The fourth-order valence-corrected chi connectivity index (χ4v) is 4.31. The van der Waals surface area contributed by atoms with Gasteiger partial charge in [-0.15, -0.1) is 0 Å². The molecule has 0 saturated heterocycles. The third-order valence-electron chi connectivity index (χ3n) is 6.40. The van der Waals surface area contributed by atoms with Crippen molar-refractivity contribution in [3.05, 3.63) is 89.2 Å². The molecule has 4 aromatic heterocycles. The topological polar surface area (TPSA) is 75.3 Å². The minimum atomic E-state index is 0.363. The summed E-state index contributed by atoms with van der Waals surface area (Å²) in [5, 5.41) is 3.53. The van der Waals surface area contributed by atoms with Crippen LogP contribution < -0.4 is 5.32 Å². The zero-order valence-corrected chi connectivity index (χ0v) is 19.4. The first kappa shape index (κ1) is 21.7. The van der Waals surface area contributed by atoms with Gasteiger partial charge in [0.25, 0.3) is 0 Å². The first-order valence-corrected chi connectivity index (χ1v) is 11.6. The molecule has 34 heavy (non-hydrogen) atoms. The molecule has 0 fully saturated rings. The van der Waals surface area contributed by atoms with Gasteiger partial charge in [0.1, 0.15) is 0 Å². The number of hydrogen-bond acceptors (Lipinski definition) is 4. The number of nitrogens with zero attached hydrogens (tertiary/aromatic N) is 5. The van der Waals surface area contributed by atoms with Gasteiger partial charge in [0.05, 0.1) is 12.3 Å². The first-order valence-electron chi connectivity index (χ1n) is 11.6. The Morgan fingerprint density at radius 2 is 2.18 bits per heavy atom. The van der Waals surface area contributed by atoms with Gasteiger partial charge >= 0.3 is 0 Å². The number of aromatic amines is 1. The Hall–Kier alpha value is -4.18. The average molecular weight is 450 g/mol. The van der Waals surface area contributed by atoms with E-state index in [9.17, 15) is 0 Å². The fraction of sp³-hybridized carbons (Fsp3) is 0.259. The van der Waals surface area contributed by atoms with E-state index in [0.29, 0.717) is 11.6 Å². The number of nitrogens with one attached hydrogen (secondary N) is 2. The number of imidazole rings is 1. The number of allylic oxidation sites excluding steroid dienone is 3. The SMILES string of the molecule is [C-]#[N+]c1cncc(-c2cn3c(C(C)CC)cnc3c(NCCc3c[nH]c4c3C=CC=CC4)n2)c1. The molecule has 0 bridgehead atoms. The molecule has 4 aromatic rings. The van der Waals surface area contributed by atoms with Gasteiger partial charge in [0, 0.05) is 60.9 Å². The highest BCUT2D eigenvalue weighted by molar-refractivity contribution is 5.71. The van der Waals surface area contributed by atoms with Crippen molar-refractivity contribution < 1.29 is 0 Å². The van der Waals surface area contributed by atoms with Crippen LogP contribution in [0.15, 0.2) is 55.3 Å². The van der Waals surface area contributed by atoms with Crippen LogP contribution in [0.5, 0.6) is 0 Å². The lowest BCUT2D eigenvalue weighted by molar-refractivity contribution is 0.700. The van der Waals surface area contributed by atoms with Crippen LogP contribution in [-0.4, -0.2) is 30.9 Å². The van der Waals surface area contributed by atoms with E-state index in [0.717, 1.165) is 54.2 Å². The van der Waals surface area contributed by atoms with Gasteiger partial charge in [-0.3, -0.25) is 9.38 Å². The molecule has 1 atom stereocenters. The van der Waals surface area contributed by atoms with Crippen molar-refractivity contribution in [2.75, 3.05) is 11.9 Å². The second-order valence-electron chi connectivity index (χ2n) is 8.58. The molecule has 7 heteroatoms. The Balaban J connectivity index is 1.48. The van der Waals surface area contributed by atoms with E-state index >= 15 is 0 Å². The minimum Gasteiger partial charge on any atom is -0.367 e. The van der Waals surface area contributed by atoms with Crippen LogP contribution in [0.2, 0.25) is 0 Å². The lowest BCUT2D eigenvalue weighted by Crippen LogP contribution is -2.10. The van der Waals surface area contributed by atoms with Crippen molar-refractivity contribution in [1.82, 2.24) is 24.3 Å². The van der Waals surface area contributed by atoms with E-state index in [-0.39, 0.29) is 0 Å². The zero-order valence-electron chi connectivity index (χ0n) is 19.4. The van der Waals surface area contributed by atoms with Crippen LogP contribution in [0.4, 0.5) is 11.5 Å². The van der Waals surface area contributed by atoms with Crippen molar-refractivity contribution in [2.45, 2.75) is 39.0 Å². The van der Waals surface area contributed by atoms with E-state index < -0.39 is 0 Å². The van der Waals surface area contributed by atoms with Gasteiger partial charge < -0.3 is 10.3 Å². The number of rotatable bonds is 7. The maximum atomic E-state index is 7.33. The Morgan fingerprint density at radius 1 is 1.26 bits per heavy atom. The predicted octanol–water partition coefficient (Wildman–Crippen LogP) is 5.96. The van der Waals surface area contributed by atoms with Crippen molar-refractivity contribution in [3.8, 4) is 11.3 Å². The number of H-pyrrole nitrogens is 1. The van der Waals surface area contributed by atoms with Gasteiger partial charge in [-0.25, -0.2) is 14.8 Å². The Morgan fingerprint density at radius 3 is 3.03 bits per heavy atom. The monoisotopic (exact) mass is 449 g/mol. The molecule has 0 spiro atoms. The quantitative estimate of drug-likeness (QED) is 0.341. The molecule has 0 amide bonds. The van der Waals surface area contributed by atoms with Crippen LogP contribution in [-0.2, 0) is 12.8 Å². The van der Waals surface area contributed by atoms with E-state index in [1.54, 1.807) is 12.4 Å². The Bertz CT molecular complexity index is 1430. The summed E-state index contributed by atoms with van der Waals surface area (Å²) in [5.41, 5.74) is 7.85. The summed E-state index contributed by atoms with van der Waals surface area (Å²) in [4.78, 5) is 20.8. The van der Waals surface area contributed by atoms with E-state index in [4.69, 9.17) is 16.5 Å². The zero-order chi connectivity index (χ0) is 23.5. The number of hydrogen-bond donors (Lipinski definition) is 2. The second kappa shape index (κ2) is 9.36. The predicted molar refractivity (Wildman–Crippen MR) is 136 cm³/mol. The van der Waals surface area contributed by atoms with Crippen LogP contribution in [0.25, 0.3) is 27.8 Å². The van der Waals surface area contributed by atoms with E-state index in [1.165, 1.54) is 16.8 Å². The molecule has 0 saturated carbocycles. The lowest BCUT2D eigenvalue weighted by atomic mass is 10.1. The molecule has 1 aliphatic rings. The highest BCUT2D eigenvalue weighted by atomic mass is 15.1. The van der Waals surface area contributed by atoms with Gasteiger partial charge in [-0.1, -0.05) is 38.2 Å². The maximum Gasteiger partial charge on any atom is 0.205 e. The molecule has 1 aliphatic carbocycles. The smallest absolute Gasteiger partial charge is 0.205 e. The first-order chi connectivity index (χ1) is 16.7. The highest BCUT2D eigenvalue weighted by Gasteiger charge is 2.16. The molecule has 170 valence electrons. The standard InChI is InChI=1S/C27H27N7/c1-4-18(2)25-16-32-27-26(30-11-10-19-14-31-23-9-7-5-6-8-22(19)23)33-24(17-34(25)27)20-12-21(28-3)15-29-13-20/h5-8,12-18,31H,4,9-11H2,1-2H3,(H,30,33). The molecule has 0 aliphatic heterocycles. The molecule has 0 radical (unpaired) electrons. The summed E-state index contributed by atoms with van der Waals surface area (Å²) in [6.07, 6.45) is 20.7. The van der Waals surface area contributed by atoms with E-state index in [2.05, 4.69) is 68.9 Å². The molecular weight excluding hydrogens is 422 g/mol. The molecule has 0 aromatic carbocycles. The van der Waals surface area contributed by atoms with E-state index in [1.807, 2.05) is 18.5 Å². The fourth-order valence-electron chi connectivity index (χ4n) is 4.31. The summed E-state index contributed by atoms with van der Waals surface area (Å²) < 4.78 is 2.13. The van der Waals surface area contributed by atoms with Crippen LogP contribution >= 0.6 is 0 Å². The van der Waals surface area contributed by atoms with Crippen LogP contribution in [0.1, 0.15) is 48.7 Å². The van der Waals surface area contributed by atoms with Crippen LogP contribution in [0.3, 0.4) is 0 Å². The van der Waals surface area contributed by atoms with Crippen molar-refractivity contribution >= 4 is 23.2 Å². The van der Waals surface area contributed by atoms with Gasteiger partial charge in [0.15, 0.2) is 11.5 Å². The Labute approximate surface area is 199 Å². The average Bonchev–Trinajstić information content (AvgIpc) is 3.39. The van der Waals surface area contributed by atoms with Crippen molar-refractivity contribution in [3.63, 3.8) is 0 Å². The van der Waals surface area contributed by atoms with Crippen molar-refractivity contribution in [1.29, 1.82) is 0 Å². The molecular formula is C27H27N7. The molecule has 7 nitrogen and oxygen atoms in total. The largest absolute Gasteiger partial charge is 0.367 e. The summed E-state index contributed by atoms with van der Waals surface area (Å²) in [5.74, 6) is 1.10. The second-order valence-corrected chi connectivity index (χ2v) is 8.58. The van der Waals surface area contributed by atoms with Crippen LogP contribution in [0, 0.1) is 6.57 Å². The molecule has 5 rings (SSSR count).